The quantitative estimate of drug-likeness (QED) is 0.612. The van der Waals surface area contributed by atoms with Crippen molar-refractivity contribution in [3.8, 4) is 0 Å². The molecule has 0 aliphatic heterocycles. The number of hydrogen-bond acceptors (Lipinski definition) is 2. The van der Waals surface area contributed by atoms with E-state index in [1.165, 1.54) is 0 Å². The molecule has 0 unspecified atom stereocenters. The van der Waals surface area contributed by atoms with Crippen LogP contribution in [0, 0.1) is 0 Å². The molecule has 0 atom stereocenters. The van der Waals surface area contributed by atoms with Crippen LogP contribution in [0.15, 0.2) is 0 Å². The van der Waals surface area contributed by atoms with Crippen LogP contribution in [0.25, 0.3) is 0 Å². The molecule has 0 saturated carbocycles. The first-order chi connectivity index (χ1) is 1.41. The molecule has 5 heteroatoms. The Morgan fingerprint density at radius 2 is 1.20 bits per heavy atom. The van der Waals surface area contributed by atoms with Gasteiger partial charge in [0.05, 0.1) is 0 Å². The third-order valence-electron chi connectivity index (χ3n) is 0. The Bertz CT molecular complexity index is 30.6. The predicted molar refractivity (Wildman–Crippen MR) is 15.2 cm³/mol. The van der Waals surface area contributed by atoms with Crippen LogP contribution in [0.4, 0.5) is 0 Å². The molecule has 0 fully saturated rings. The van der Waals surface area contributed by atoms with Gasteiger partial charge in [-0.25, -0.2) is 0 Å². The van der Waals surface area contributed by atoms with Crippen molar-refractivity contribution in [3.05, 3.63) is 0 Å². The van der Waals surface area contributed by atoms with Gasteiger partial charge >= 0.3 is 34.6 Å². The normalized spacial score (nSPS) is 2.40. The van der Waals surface area contributed by atoms with Crippen LogP contribution in [0.2, 0.25) is 0 Å². The molecule has 0 aromatic heterocycles. The second kappa shape index (κ2) is 16.5. The summed E-state index contributed by atoms with van der Waals surface area (Å²) in [4.78, 5) is 0. The van der Waals surface area contributed by atoms with E-state index in [9.17, 15) is 0 Å². The molecular weight excluding hydrogens is 278 g/mol. The van der Waals surface area contributed by atoms with Crippen molar-refractivity contribution >= 4 is 19.6 Å². The second-order valence-electron chi connectivity index (χ2n) is 0.0680. The summed E-state index contributed by atoms with van der Waals surface area (Å²) in [5.74, 6) is 0. The molecule has 0 saturated heterocycles. The minimum absolute atomic E-state index is 0. The Balaban J connectivity index is -0.0000000200. The SMILES string of the molecule is [Co].[Ni].[S]=[Mo]=[S]. The Morgan fingerprint density at radius 1 is 1.20 bits per heavy atom. The molecule has 0 aliphatic carbocycles. The third-order valence-corrected chi connectivity index (χ3v) is 0. The van der Waals surface area contributed by atoms with Gasteiger partial charge in [0.15, 0.2) is 0 Å². The van der Waals surface area contributed by atoms with Gasteiger partial charge in [-0.15, -0.1) is 0 Å². The maximum absolute atomic E-state index is 4.34. The van der Waals surface area contributed by atoms with Gasteiger partial charge in [-0.2, -0.15) is 0 Å². The van der Waals surface area contributed by atoms with Crippen molar-refractivity contribution in [3.63, 3.8) is 0 Å². The fourth-order valence-corrected chi connectivity index (χ4v) is 0. The van der Waals surface area contributed by atoms with Crippen molar-refractivity contribution in [1.29, 1.82) is 0 Å². The van der Waals surface area contributed by atoms with Crippen LogP contribution >= 0.6 is 19.6 Å². The molecule has 0 spiro atoms. The standard InChI is InChI=1S/Co.Mo.Ni.2S. The predicted octanol–water partition coefficient (Wildman–Crippen LogP) is 1.29. The molecule has 1 radical (unpaired) electrons. The zero-order valence-corrected chi connectivity index (χ0v) is 7.54. The average Bonchev–Trinajstić information content (AvgIpc) is 0.918. The first-order valence-corrected chi connectivity index (χ1v) is 5.92. The van der Waals surface area contributed by atoms with Gasteiger partial charge in [0.1, 0.15) is 0 Å². The van der Waals surface area contributed by atoms with Gasteiger partial charge in [0.25, 0.3) is 0 Å². The summed E-state index contributed by atoms with van der Waals surface area (Å²) >= 11 is -0.363. The van der Waals surface area contributed by atoms with E-state index < -0.39 is 0 Å². The van der Waals surface area contributed by atoms with E-state index in [-0.39, 0.29) is 48.2 Å². The fraction of sp³-hybridized carbons (Fsp3) is 0. The number of hydrogen-bond donors (Lipinski definition) is 0. The molecule has 0 aromatic carbocycles. The number of rotatable bonds is 0. The van der Waals surface area contributed by atoms with Crippen molar-refractivity contribution in [2.24, 2.45) is 0 Å². The van der Waals surface area contributed by atoms with E-state index in [1.54, 1.807) is 0 Å². The van der Waals surface area contributed by atoms with Crippen molar-refractivity contribution in [2.45, 2.75) is 0 Å². The summed E-state index contributed by atoms with van der Waals surface area (Å²) in [6.07, 6.45) is 0. The molecular formula is CoMoNiS2. The third kappa shape index (κ3) is 23.1. The molecule has 37 valence electrons. The van der Waals surface area contributed by atoms with Crippen LogP contribution in [-0.4, -0.2) is 0 Å². The topological polar surface area (TPSA) is 0 Å². The van der Waals surface area contributed by atoms with Gasteiger partial charge in [-0.3, -0.25) is 0 Å². The average molecular weight is 278 g/mol. The van der Waals surface area contributed by atoms with E-state index in [0.29, 0.717) is 0 Å². The van der Waals surface area contributed by atoms with E-state index in [2.05, 4.69) is 19.6 Å². The monoisotopic (exact) mass is 279 g/mol. The first-order valence-electron chi connectivity index (χ1n) is 0.333. The first kappa shape index (κ1) is 15.7. The molecule has 5 heavy (non-hydrogen) atoms. The van der Waals surface area contributed by atoms with E-state index in [4.69, 9.17) is 0 Å². The molecule has 0 rings (SSSR count). The Labute approximate surface area is 67.0 Å². The molecule has 0 heterocycles. The Kier molecular flexibility index (Phi) is 51.7. The van der Waals surface area contributed by atoms with E-state index in [0.717, 1.165) is 0 Å². The summed E-state index contributed by atoms with van der Waals surface area (Å²) in [5.41, 5.74) is 0. The van der Waals surface area contributed by atoms with E-state index >= 15 is 0 Å². The van der Waals surface area contributed by atoms with Crippen LogP contribution in [0.3, 0.4) is 0 Å². The van der Waals surface area contributed by atoms with Gasteiger partial charge < -0.3 is 0 Å². The van der Waals surface area contributed by atoms with Crippen LogP contribution < -0.4 is 0 Å². The van der Waals surface area contributed by atoms with Crippen LogP contribution in [0.1, 0.15) is 0 Å². The molecule has 0 bridgehead atoms. The maximum atomic E-state index is 4.34. The molecule has 0 aliphatic rings. The Morgan fingerprint density at radius 3 is 1.20 bits per heavy atom. The van der Waals surface area contributed by atoms with Crippen LogP contribution in [0.5, 0.6) is 0 Å². The van der Waals surface area contributed by atoms with Gasteiger partial charge in [0, 0.05) is 33.3 Å². The summed E-state index contributed by atoms with van der Waals surface area (Å²) in [5, 5.41) is 0. The molecule has 0 amide bonds. The molecule has 0 aromatic rings. The van der Waals surface area contributed by atoms with Crippen LogP contribution in [-0.2, 0) is 48.2 Å². The zero-order chi connectivity index (χ0) is 2.71. The summed E-state index contributed by atoms with van der Waals surface area (Å²) < 4.78 is 0. The van der Waals surface area contributed by atoms with E-state index in [1.807, 2.05) is 0 Å². The zero-order valence-electron chi connectivity index (χ0n) is 1.87. The van der Waals surface area contributed by atoms with Gasteiger partial charge in [0.2, 0.25) is 0 Å². The second-order valence-corrected chi connectivity index (χ2v) is 3.62. The van der Waals surface area contributed by atoms with Gasteiger partial charge in [-0.1, -0.05) is 0 Å². The summed E-state index contributed by atoms with van der Waals surface area (Å²) in [6.45, 7) is 0. The molecule has 0 N–H and O–H groups in total. The van der Waals surface area contributed by atoms with Crippen molar-refractivity contribution < 1.29 is 48.2 Å². The van der Waals surface area contributed by atoms with Crippen molar-refractivity contribution in [2.75, 3.05) is 0 Å². The minimum atomic E-state index is -0.363. The van der Waals surface area contributed by atoms with Crippen molar-refractivity contribution in [1.82, 2.24) is 0 Å². The Hall–Kier alpha value is 2.13. The summed E-state index contributed by atoms with van der Waals surface area (Å²) in [7, 11) is 8.68. The fourth-order valence-electron chi connectivity index (χ4n) is 0. The molecule has 0 nitrogen and oxygen atoms in total. The summed E-state index contributed by atoms with van der Waals surface area (Å²) in [6, 6.07) is 0. The van der Waals surface area contributed by atoms with Gasteiger partial charge in [-0.05, 0) is 0 Å².